The molecule has 5 heteroatoms. The van der Waals surface area contributed by atoms with Gasteiger partial charge in [0.15, 0.2) is 0 Å². The van der Waals surface area contributed by atoms with Crippen molar-refractivity contribution in [2.24, 2.45) is 5.92 Å². The molecule has 26 heavy (non-hydrogen) atoms. The van der Waals surface area contributed by atoms with Gasteiger partial charge in [-0.25, -0.2) is 5.43 Å². The lowest BCUT2D eigenvalue weighted by atomic mass is 9.94. The number of hydrogen-bond donors (Lipinski definition) is 3. The number of benzene rings is 2. The van der Waals surface area contributed by atoms with Crippen molar-refractivity contribution >= 4 is 5.91 Å². The molecule has 5 nitrogen and oxygen atoms in total. The summed E-state index contributed by atoms with van der Waals surface area (Å²) in [5.41, 5.74) is 8.52. The number of amides is 1. The molecule has 1 saturated heterocycles. The average molecular weight is 353 g/mol. The molecular weight excluding hydrogens is 326 g/mol. The predicted molar refractivity (Wildman–Crippen MR) is 103 cm³/mol. The van der Waals surface area contributed by atoms with Gasteiger partial charge in [0.1, 0.15) is 5.75 Å². The standard InChI is InChI=1S/C21H27N3O2/c1-2-3-13-26-18-11-9-17(10-12-18)20-19(15-23-24-20)21(25)22-14-16-7-5-4-6-8-16/h4-12,19-20,23-24H,2-3,13-15H2,1H3,(H,22,25). The minimum atomic E-state index is -0.148. The molecule has 0 aromatic heterocycles. The monoisotopic (exact) mass is 353 g/mol. The molecule has 1 amide bonds. The maximum absolute atomic E-state index is 12.6. The van der Waals surface area contributed by atoms with Crippen LogP contribution in [0.3, 0.4) is 0 Å². The summed E-state index contributed by atoms with van der Waals surface area (Å²) in [7, 11) is 0. The molecule has 0 saturated carbocycles. The molecule has 0 aliphatic carbocycles. The van der Waals surface area contributed by atoms with Crippen LogP contribution in [-0.4, -0.2) is 19.1 Å². The summed E-state index contributed by atoms with van der Waals surface area (Å²) in [6, 6.07) is 17.9. The average Bonchev–Trinajstić information content (AvgIpc) is 3.18. The largest absolute Gasteiger partial charge is 0.494 e. The summed E-state index contributed by atoms with van der Waals surface area (Å²) < 4.78 is 5.71. The van der Waals surface area contributed by atoms with E-state index >= 15 is 0 Å². The van der Waals surface area contributed by atoms with Crippen LogP contribution in [-0.2, 0) is 11.3 Å². The zero-order valence-corrected chi connectivity index (χ0v) is 15.2. The molecule has 2 aromatic carbocycles. The number of nitrogens with one attached hydrogen (secondary N) is 3. The summed E-state index contributed by atoms with van der Waals surface area (Å²) in [5, 5.41) is 3.04. The minimum Gasteiger partial charge on any atom is -0.494 e. The van der Waals surface area contributed by atoms with Crippen LogP contribution in [0.2, 0.25) is 0 Å². The molecule has 0 radical (unpaired) electrons. The van der Waals surface area contributed by atoms with Crippen LogP contribution in [0.1, 0.15) is 36.9 Å². The highest BCUT2D eigenvalue weighted by Crippen LogP contribution is 2.26. The van der Waals surface area contributed by atoms with Crippen LogP contribution in [0.25, 0.3) is 0 Å². The maximum atomic E-state index is 12.6. The number of rotatable bonds is 8. The smallest absolute Gasteiger partial charge is 0.226 e. The number of ether oxygens (including phenoxy) is 1. The Kier molecular flexibility index (Phi) is 6.63. The first-order chi connectivity index (χ1) is 12.8. The molecule has 0 bridgehead atoms. The topological polar surface area (TPSA) is 62.4 Å². The third kappa shape index (κ3) is 4.84. The second-order valence-electron chi connectivity index (χ2n) is 6.58. The minimum absolute atomic E-state index is 0.0459. The van der Waals surface area contributed by atoms with E-state index in [1.165, 1.54) is 0 Å². The van der Waals surface area contributed by atoms with Crippen LogP contribution in [0.5, 0.6) is 5.75 Å². The van der Waals surface area contributed by atoms with Crippen molar-refractivity contribution in [1.29, 1.82) is 0 Å². The van der Waals surface area contributed by atoms with Gasteiger partial charge in [0.25, 0.3) is 0 Å². The number of carbonyl (C=O) groups is 1. The number of unbranched alkanes of at least 4 members (excludes halogenated alkanes) is 1. The van der Waals surface area contributed by atoms with Crippen molar-refractivity contribution in [1.82, 2.24) is 16.2 Å². The fraction of sp³-hybridized carbons (Fsp3) is 0.381. The van der Waals surface area contributed by atoms with Crippen molar-refractivity contribution in [2.45, 2.75) is 32.4 Å². The van der Waals surface area contributed by atoms with Crippen molar-refractivity contribution < 1.29 is 9.53 Å². The van der Waals surface area contributed by atoms with Gasteiger partial charge >= 0.3 is 0 Å². The molecule has 3 rings (SSSR count). The fourth-order valence-corrected chi connectivity index (χ4v) is 3.08. The van der Waals surface area contributed by atoms with Gasteiger partial charge in [-0.15, -0.1) is 0 Å². The van der Waals surface area contributed by atoms with Gasteiger partial charge in [-0.2, -0.15) is 0 Å². The van der Waals surface area contributed by atoms with Crippen LogP contribution in [0, 0.1) is 5.92 Å². The van der Waals surface area contributed by atoms with Crippen molar-refractivity contribution in [2.75, 3.05) is 13.2 Å². The Morgan fingerprint density at radius 1 is 1.15 bits per heavy atom. The normalized spacial score (nSPS) is 19.3. The highest BCUT2D eigenvalue weighted by atomic mass is 16.5. The first kappa shape index (κ1) is 18.4. The fourth-order valence-electron chi connectivity index (χ4n) is 3.08. The predicted octanol–water partition coefficient (Wildman–Crippen LogP) is 2.95. The highest BCUT2D eigenvalue weighted by molar-refractivity contribution is 5.80. The quantitative estimate of drug-likeness (QED) is 0.639. The summed E-state index contributed by atoms with van der Waals surface area (Å²) in [6.07, 6.45) is 2.18. The molecule has 1 heterocycles. The van der Waals surface area contributed by atoms with E-state index in [1.807, 2.05) is 54.6 Å². The Bertz CT molecular complexity index is 688. The van der Waals surface area contributed by atoms with E-state index in [0.717, 1.165) is 36.3 Å². The van der Waals surface area contributed by atoms with E-state index in [9.17, 15) is 4.79 Å². The third-order valence-corrected chi connectivity index (χ3v) is 4.63. The number of hydrogen-bond acceptors (Lipinski definition) is 4. The number of carbonyl (C=O) groups excluding carboxylic acids is 1. The molecule has 1 aliphatic heterocycles. The first-order valence-electron chi connectivity index (χ1n) is 9.30. The van der Waals surface area contributed by atoms with E-state index in [0.29, 0.717) is 13.1 Å². The Morgan fingerprint density at radius 2 is 1.92 bits per heavy atom. The van der Waals surface area contributed by atoms with E-state index in [1.54, 1.807) is 0 Å². The van der Waals surface area contributed by atoms with Crippen LogP contribution >= 0.6 is 0 Å². The lowest BCUT2D eigenvalue weighted by Crippen LogP contribution is -2.34. The zero-order valence-electron chi connectivity index (χ0n) is 15.2. The first-order valence-corrected chi connectivity index (χ1v) is 9.30. The Balaban J connectivity index is 1.57. The Morgan fingerprint density at radius 3 is 2.65 bits per heavy atom. The summed E-state index contributed by atoms with van der Waals surface area (Å²) >= 11 is 0. The van der Waals surface area contributed by atoms with Gasteiger partial charge in [0, 0.05) is 13.1 Å². The van der Waals surface area contributed by atoms with Crippen molar-refractivity contribution in [3.8, 4) is 5.75 Å². The zero-order chi connectivity index (χ0) is 18.2. The van der Waals surface area contributed by atoms with Crippen molar-refractivity contribution in [3.05, 3.63) is 65.7 Å². The van der Waals surface area contributed by atoms with Crippen LogP contribution < -0.4 is 20.9 Å². The molecule has 0 spiro atoms. The molecule has 3 N–H and O–H groups in total. The van der Waals surface area contributed by atoms with Crippen LogP contribution in [0.4, 0.5) is 0 Å². The summed E-state index contributed by atoms with van der Waals surface area (Å²) in [4.78, 5) is 12.6. The molecule has 2 unspecified atom stereocenters. The van der Waals surface area contributed by atoms with E-state index < -0.39 is 0 Å². The Labute approximate surface area is 155 Å². The van der Waals surface area contributed by atoms with Gasteiger partial charge in [-0.05, 0) is 29.7 Å². The lowest BCUT2D eigenvalue weighted by molar-refractivity contribution is -0.125. The van der Waals surface area contributed by atoms with Gasteiger partial charge in [-0.3, -0.25) is 10.2 Å². The molecule has 1 aliphatic rings. The van der Waals surface area contributed by atoms with E-state index in [2.05, 4.69) is 23.1 Å². The van der Waals surface area contributed by atoms with Crippen LogP contribution in [0.15, 0.2) is 54.6 Å². The Hall–Kier alpha value is -2.37. The molecule has 2 atom stereocenters. The third-order valence-electron chi connectivity index (χ3n) is 4.63. The van der Waals surface area contributed by atoms with Gasteiger partial charge < -0.3 is 10.1 Å². The molecule has 138 valence electrons. The highest BCUT2D eigenvalue weighted by Gasteiger charge is 2.33. The van der Waals surface area contributed by atoms with E-state index in [4.69, 9.17) is 4.74 Å². The van der Waals surface area contributed by atoms with E-state index in [-0.39, 0.29) is 17.9 Å². The molecule has 1 fully saturated rings. The van der Waals surface area contributed by atoms with Gasteiger partial charge in [-0.1, -0.05) is 55.8 Å². The van der Waals surface area contributed by atoms with Crippen molar-refractivity contribution in [3.63, 3.8) is 0 Å². The second kappa shape index (κ2) is 9.36. The van der Waals surface area contributed by atoms with Gasteiger partial charge in [0.05, 0.1) is 18.6 Å². The number of hydrazine groups is 1. The molecule has 2 aromatic rings. The molecular formula is C21H27N3O2. The lowest BCUT2D eigenvalue weighted by Gasteiger charge is -2.19. The summed E-state index contributed by atoms with van der Waals surface area (Å²) in [5.74, 6) is 0.781. The van der Waals surface area contributed by atoms with Gasteiger partial charge in [0.2, 0.25) is 5.91 Å². The second-order valence-corrected chi connectivity index (χ2v) is 6.58. The SMILES string of the molecule is CCCCOc1ccc(C2NNCC2C(=O)NCc2ccccc2)cc1. The maximum Gasteiger partial charge on any atom is 0.226 e. The summed E-state index contributed by atoms with van der Waals surface area (Å²) in [6.45, 7) is 4.05.